The lowest BCUT2D eigenvalue weighted by atomic mass is 9.87. The standard InChI is InChI=1S/C36H20N2/c37-21-23-9-13-26(14-10-23)29-18-19-30(27-15-11-24(22-38)12-16-27)36-33-20-17-28(25-5-2-1-3-6-25)31-7-4-8-32(34(31)33)35(29)36/h1-20H. The molecule has 0 saturated heterocycles. The zero-order valence-electron chi connectivity index (χ0n) is 20.4. The zero-order chi connectivity index (χ0) is 25.6. The van der Waals surface area contributed by atoms with Crippen molar-refractivity contribution < 1.29 is 0 Å². The van der Waals surface area contributed by atoms with Crippen molar-refractivity contribution in [1.82, 2.24) is 0 Å². The van der Waals surface area contributed by atoms with Crippen LogP contribution in [0.1, 0.15) is 11.1 Å². The Morgan fingerprint density at radius 1 is 0.368 bits per heavy atom. The van der Waals surface area contributed by atoms with Crippen LogP contribution in [0.4, 0.5) is 0 Å². The van der Waals surface area contributed by atoms with Gasteiger partial charge in [0.05, 0.1) is 23.3 Å². The summed E-state index contributed by atoms with van der Waals surface area (Å²) < 4.78 is 0. The van der Waals surface area contributed by atoms with E-state index in [-0.39, 0.29) is 0 Å². The first-order valence-electron chi connectivity index (χ1n) is 12.6. The highest BCUT2D eigenvalue weighted by Gasteiger charge is 2.28. The molecule has 1 aliphatic rings. The summed E-state index contributed by atoms with van der Waals surface area (Å²) in [6.07, 6.45) is 0. The molecule has 2 nitrogen and oxygen atoms in total. The van der Waals surface area contributed by atoms with E-state index in [1.54, 1.807) is 0 Å². The highest BCUT2D eigenvalue weighted by molar-refractivity contribution is 6.23. The monoisotopic (exact) mass is 480 g/mol. The molecule has 0 amide bonds. The molecule has 0 saturated carbocycles. The molecule has 174 valence electrons. The summed E-state index contributed by atoms with van der Waals surface area (Å²) in [4.78, 5) is 0. The van der Waals surface area contributed by atoms with Gasteiger partial charge < -0.3 is 0 Å². The lowest BCUT2D eigenvalue weighted by Crippen LogP contribution is -1.90. The molecule has 0 aromatic heterocycles. The van der Waals surface area contributed by atoms with Gasteiger partial charge >= 0.3 is 0 Å². The number of rotatable bonds is 3. The van der Waals surface area contributed by atoms with Crippen LogP contribution >= 0.6 is 0 Å². The second kappa shape index (κ2) is 8.59. The van der Waals surface area contributed by atoms with E-state index in [0.29, 0.717) is 11.1 Å². The van der Waals surface area contributed by atoms with Crippen molar-refractivity contribution in [3.8, 4) is 67.8 Å². The second-order valence-corrected chi connectivity index (χ2v) is 9.54. The maximum Gasteiger partial charge on any atom is 0.0991 e. The maximum absolute atomic E-state index is 9.32. The Kier molecular flexibility index (Phi) is 4.93. The van der Waals surface area contributed by atoms with E-state index in [1.165, 1.54) is 44.2 Å². The van der Waals surface area contributed by atoms with Gasteiger partial charge in [0.15, 0.2) is 0 Å². The first kappa shape index (κ1) is 21.8. The fourth-order valence-corrected chi connectivity index (χ4v) is 5.78. The Morgan fingerprint density at radius 2 is 0.842 bits per heavy atom. The van der Waals surface area contributed by atoms with Crippen molar-refractivity contribution in [3.05, 3.63) is 132 Å². The van der Waals surface area contributed by atoms with E-state index in [4.69, 9.17) is 0 Å². The van der Waals surface area contributed by atoms with Crippen molar-refractivity contribution in [3.63, 3.8) is 0 Å². The highest BCUT2D eigenvalue weighted by Crippen LogP contribution is 2.55. The van der Waals surface area contributed by atoms with Crippen LogP contribution in [-0.4, -0.2) is 0 Å². The van der Waals surface area contributed by atoms with Crippen molar-refractivity contribution in [2.45, 2.75) is 0 Å². The first-order chi connectivity index (χ1) is 18.8. The van der Waals surface area contributed by atoms with Gasteiger partial charge in [-0.15, -0.1) is 0 Å². The molecule has 6 aromatic rings. The Morgan fingerprint density at radius 3 is 1.39 bits per heavy atom. The summed E-state index contributed by atoms with van der Waals surface area (Å²) >= 11 is 0. The average molecular weight is 481 g/mol. The minimum absolute atomic E-state index is 0.650. The molecule has 0 heterocycles. The van der Waals surface area contributed by atoms with Gasteiger partial charge in [-0.25, -0.2) is 0 Å². The zero-order valence-corrected chi connectivity index (χ0v) is 20.4. The smallest absolute Gasteiger partial charge is 0.0991 e. The SMILES string of the molecule is N#Cc1ccc(-c2ccc(-c3ccc(C#N)cc3)c3c2-c2cccc4c(-c5ccccc5)ccc-3c24)cc1. The molecule has 0 spiro atoms. The third kappa shape index (κ3) is 3.26. The van der Waals surface area contributed by atoms with E-state index in [2.05, 4.69) is 78.9 Å². The molecule has 0 N–H and O–H groups in total. The van der Waals surface area contributed by atoms with Gasteiger partial charge in [-0.2, -0.15) is 10.5 Å². The Balaban J connectivity index is 1.55. The van der Waals surface area contributed by atoms with Crippen LogP contribution in [-0.2, 0) is 0 Å². The van der Waals surface area contributed by atoms with Gasteiger partial charge in [-0.05, 0) is 90.7 Å². The highest BCUT2D eigenvalue weighted by atomic mass is 14.3. The summed E-state index contributed by atoms with van der Waals surface area (Å²) in [7, 11) is 0. The van der Waals surface area contributed by atoms with Gasteiger partial charge in [0.1, 0.15) is 0 Å². The molecule has 38 heavy (non-hydrogen) atoms. The molecule has 0 bridgehead atoms. The van der Waals surface area contributed by atoms with Crippen molar-refractivity contribution in [2.24, 2.45) is 0 Å². The van der Waals surface area contributed by atoms with E-state index >= 15 is 0 Å². The topological polar surface area (TPSA) is 47.6 Å². The second-order valence-electron chi connectivity index (χ2n) is 9.54. The van der Waals surface area contributed by atoms with E-state index in [0.717, 1.165) is 22.3 Å². The fourth-order valence-electron chi connectivity index (χ4n) is 5.78. The van der Waals surface area contributed by atoms with E-state index in [1.807, 2.05) is 54.6 Å². The Hall–Kier alpha value is -5.44. The first-order valence-corrected chi connectivity index (χ1v) is 12.6. The number of hydrogen-bond donors (Lipinski definition) is 0. The molecule has 6 aromatic carbocycles. The predicted octanol–water partition coefficient (Wildman–Crippen LogP) is 9.23. The van der Waals surface area contributed by atoms with Gasteiger partial charge in [0.2, 0.25) is 0 Å². The van der Waals surface area contributed by atoms with Crippen LogP contribution < -0.4 is 0 Å². The molecular formula is C36H20N2. The summed E-state index contributed by atoms with van der Waals surface area (Å²) in [5.41, 5.74) is 13.0. The van der Waals surface area contributed by atoms with E-state index in [9.17, 15) is 10.5 Å². The quantitative estimate of drug-likeness (QED) is 0.253. The van der Waals surface area contributed by atoms with Gasteiger partial charge in [-0.1, -0.05) is 97.1 Å². The number of fused-ring (bicyclic) bond motifs is 3. The van der Waals surface area contributed by atoms with Crippen molar-refractivity contribution in [2.75, 3.05) is 0 Å². The minimum Gasteiger partial charge on any atom is -0.192 e. The van der Waals surface area contributed by atoms with Gasteiger partial charge in [0, 0.05) is 0 Å². The normalized spacial score (nSPS) is 11.1. The third-order valence-electron chi connectivity index (χ3n) is 7.52. The molecule has 0 unspecified atom stereocenters. The maximum atomic E-state index is 9.32. The number of nitrogens with zero attached hydrogens (tertiary/aromatic N) is 2. The lowest BCUT2D eigenvalue weighted by Gasteiger charge is -2.16. The molecular weight excluding hydrogens is 460 g/mol. The summed E-state index contributed by atoms with van der Waals surface area (Å²) in [5, 5.41) is 21.1. The average Bonchev–Trinajstić information content (AvgIpc) is 3.33. The summed E-state index contributed by atoms with van der Waals surface area (Å²) in [6, 6.07) is 46.1. The van der Waals surface area contributed by atoms with Gasteiger partial charge in [-0.3, -0.25) is 0 Å². The third-order valence-corrected chi connectivity index (χ3v) is 7.52. The Bertz CT molecular complexity index is 1860. The molecule has 0 fully saturated rings. The predicted molar refractivity (Wildman–Crippen MR) is 154 cm³/mol. The molecule has 1 aliphatic carbocycles. The number of hydrogen-bond acceptors (Lipinski definition) is 2. The minimum atomic E-state index is 0.650. The van der Waals surface area contributed by atoms with Crippen LogP contribution in [0.25, 0.3) is 66.4 Å². The molecule has 0 atom stereocenters. The van der Waals surface area contributed by atoms with E-state index < -0.39 is 0 Å². The van der Waals surface area contributed by atoms with Crippen LogP contribution in [0, 0.1) is 22.7 Å². The summed E-state index contributed by atoms with van der Waals surface area (Å²) in [6.45, 7) is 0. The van der Waals surface area contributed by atoms with Crippen LogP contribution in [0.5, 0.6) is 0 Å². The summed E-state index contributed by atoms with van der Waals surface area (Å²) in [5.74, 6) is 0. The number of nitriles is 2. The number of benzene rings is 6. The van der Waals surface area contributed by atoms with Crippen molar-refractivity contribution in [1.29, 1.82) is 10.5 Å². The Labute approximate surface area is 221 Å². The fraction of sp³-hybridized carbons (Fsp3) is 0. The van der Waals surface area contributed by atoms with Crippen LogP contribution in [0.15, 0.2) is 121 Å². The molecule has 7 rings (SSSR count). The van der Waals surface area contributed by atoms with Crippen LogP contribution in [0.3, 0.4) is 0 Å². The molecule has 0 aliphatic heterocycles. The van der Waals surface area contributed by atoms with Crippen molar-refractivity contribution >= 4 is 10.8 Å². The largest absolute Gasteiger partial charge is 0.192 e. The van der Waals surface area contributed by atoms with Gasteiger partial charge in [0.25, 0.3) is 0 Å². The lowest BCUT2D eigenvalue weighted by molar-refractivity contribution is 1.48. The molecule has 0 radical (unpaired) electrons. The van der Waals surface area contributed by atoms with Crippen LogP contribution in [0.2, 0.25) is 0 Å². The molecule has 2 heteroatoms.